The van der Waals surface area contributed by atoms with Gasteiger partial charge < -0.3 is 25.8 Å². The molecule has 0 radical (unpaired) electrons. The van der Waals surface area contributed by atoms with Crippen molar-refractivity contribution in [1.29, 1.82) is 5.26 Å². The van der Waals surface area contributed by atoms with Crippen LogP contribution in [0.4, 0.5) is 11.8 Å². The number of benzene rings is 1. The summed E-state index contributed by atoms with van der Waals surface area (Å²) in [6.45, 7) is -0.449. The number of nitrogen functional groups attached to an aromatic ring is 1. The summed E-state index contributed by atoms with van der Waals surface area (Å²) in [7, 11) is 0. The number of aliphatic hydroxyl groups excluding tert-OH is 3. The highest BCUT2D eigenvalue weighted by molar-refractivity contribution is 5.83. The van der Waals surface area contributed by atoms with Crippen LogP contribution in [0.3, 0.4) is 0 Å². The van der Waals surface area contributed by atoms with Crippen LogP contribution in [0.2, 0.25) is 0 Å². The van der Waals surface area contributed by atoms with Crippen LogP contribution in [0.5, 0.6) is 0 Å². The second-order valence-electron chi connectivity index (χ2n) is 6.59. The standard InChI is InChI=1S/C18H18N8O4/c19-5-9-1-3-10(4-2-9)6-22-25-18-23-15(20)12-16(24-18)26(8-21-12)17-14(29)13(28)11(7-27)30-17/h1-4,6,8,11,13-14,17,27-29H,7H2,(H3,20,23,24,25)/b22-6+/t11-,13?,14+,17-/m1/s1. The predicted molar refractivity (Wildman–Crippen MR) is 105 cm³/mol. The fourth-order valence-corrected chi connectivity index (χ4v) is 3.09. The van der Waals surface area contributed by atoms with E-state index in [1.54, 1.807) is 24.3 Å². The van der Waals surface area contributed by atoms with Gasteiger partial charge in [0.25, 0.3) is 0 Å². The Kier molecular flexibility index (Phi) is 5.25. The summed E-state index contributed by atoms with van der Waals surface area (Å²) in [5, 5.41) is 42.4. The number of nitrogens with two attached hydrogens (primary N) is 1. The third kappa shape index (κ3) is 3.53. The lowest BCUT2D eigenvalue weighted by Crippen LogP contribution is -2.33. The summed E-state index contributed by atoms with van der Waals surface area (Å²) < 4.78 is 6.93. The number of aromatic nitrogens is 4. The van der Waals surface area contributed by atoms with E-state index in [1.165, 1.54) is 17.1 Å². The molecule has 0 spiro atoms. The molecular formula is C18H18N8O4. The quantitative estimate of drug-likeness (QED) is 0.267. The molecule has 1 fully saturated rings. The van der Waals surface area contributed by atoms with Crippen molar-refractivity contribution in [2.75, 3.05) is 17.8 Å². The van der Waals surface area contributed by atoms with Gasteiger partial charge in [-0.2, -0.15) is 20.3 Å². The summed E-state index contributed by atoms with van der Waals surface area (Å²) in [5.74, 6) is 0.167. The number of imidazole rings is 1. The van der Waals surface area contributed by atoms with Crippen molar-refractivity contribution >= 4 is 29.1 Å². The number of rotatable bonds is 5. The number of nitriles is 1. The highest BCUT2D eigenvalue weighted by Crippen LogP contribution is 2.32. The molecule has 0 amide bonds. The van der Waals surface area contributed by atoms with Gasteiger partial charge in [0.05, 0.1) is 30.8 Å². The SMILES string of the molecule is N#Cc1ccc(/C=N/Nc2nc(N)c3ncn([C@@H]4O[C@H](CO)C(O)[C@@H]4O)c3n2)cc1. The summed E-state index contributed by atoms with van der Waals surface area (Å²) in [5.41, 5.74) is 10.5. The van der Waals surface area contributed by atoms with Gasteiger partial charge in [0.2, 0.25) is 5.95 Å². The van der Waals surface area contributed by atoms with Crippen LogP contribution in [-0.4, -0.2) is 66.0 Å². The first kappa shape index (κ1) is 19.7. The third-order valence-electron chi connectivity index (χ3n) is 4.66. The second kappa shape index (κ2) is 8.01. The highest BCUT2D eigenvalue weighted by atomic mass is 16.6. The number of hydrogen-bond donors (Lipinski definition) is 5. The highest BCUT2D eigenvalue weighted by Gasteiger charge is 2.44. The number of aliphatic hydroxyl groups is 3. The topological polar surface area (TPSA) is 188 Å². The van der Waals surface area contributed by atoms with Gasteiger partial charge >= 0.3 is 0 Å². The fourth-order valence-electron chi connectivity index (χ4n) is 3.09. The van der Waals surface area contributed by atoms with Gasteiger partial charge in [-0.3, -0.25) is 4.57 Å². The van der Waals surface area contributed by atoms with Crippen LogP contribution < -0.4 is 11.2 Å². The number of nitrogens with one attached hydrogen (secondary N) is 1. The van der Waals surface area contributed by atoms with E-state index in [0.717, 1.165) is 5.56 Å². The minimum absolute atomic E-state index is 0.0818. The van der Waals surface area contributed by atoms with Gasteiger partial charge in [-0.15, -0.1) is 0 Å². The maximum Gasteiger partial charge on any atom is 0.247 e. The van der Waals surface area contributed by atoms with Crippen LogP contribution in [0.15, 0.2) is 35.7 Å². The van der Waals surface area contributed by atoms with Gasteiger partial charge in [0.1, 0.15) is 23.8 Å². The molecular weight excluding hydrogens is 392 g/mol. The summed E-state index contributed by atoms with van der Waals surface area (Å²) in [6, 6.07) is 8.84. The van der Waals surface area contributed by atoms with Crippen LogP contribution in [0, 0.1) is 11.3 Å². The minimum atomic E-state index is -1.29. The van der Waals surface area contributed by atoms with Gasteiger partial charge in [0, 0.05) is 0 Å². The molecule has 12 heteroatoms. The molecule has 0 aliphatic carbocycles. The Hall–Kier alpha value is -3.63. The van der Waals surface area contributed by atoms with E-state index in [0.29, 0.717) is 5.56 Å². The third-order valence-corrected chi connectivity index (χ3v) is 4.66. The molecule has 154 valence electrons. The lowest BCUT2D eigenvalue weighted by Gasteiger charge is -2.16. The molecule has 12 nitrogen and oxygen atoms in total. The van der Waals surface area contributed by atoms with E-state index >= 15 is 0 Å². The van der Waals surface area contributed by atoms with Crippen molar-refractivity contribution in [2.45, 2.75) is 24.5 Å². The largest absolute Gasteiger partial charge is 0.394 e. The van der Waals surface area contributed by atoms with Gasteiger partial charge in [-0.05, 0) is 17.7 Å². The molecule has 3 aromatic rings. The lowest BCUT2D eigenvalue weighted by molar-refractivity contribution is -0.0511. The number of anilines is 2. The Morgan fingerprint density at radius 3 is 2.70 bits per heavy atom. The van der Waals surface area contributed by atoms with Gasteiger partial charge in [0.15, 0.2) is 17.7 Å². The first-order chi connectivity index (χ1) is 14.5. The van der Waals surface area contributed by atoms with E-state index in [-0.39, 0.29) is 22.9 Å². The van der Waals surface area contributed by atoms with Crippen LogP contribution in [0.1, 0.15) is 17.4 Å². The van der Waals surface area contributed by atoms with Crippen molar-refractivity contribution < 1.29 is 20.1 Å². The van der Waals surface area contributed by atoms with Gasteiger partial charge in [-0.25, -0.2) is 10.4 Å². The van der Waals surface area contributed by atoms with Crippen molar-refractivity contribution in [1.82, 2.24) is 19.5 Å². The molecule has 3 heterocycles. The molecule has 1 aromatic carbocycles. The number of hydrogen-bond acceptors (Lipinski definition) is 11. The molecule has 0 bridgehead atoms. The molecule has 2 aromatic heterocycles. The van der Waals surface area contributed by atoms with Crippen LogP contribution >= 0.6 is 0 Å². The van der Waals surface area contributed by atoms with Crippen molar-refractivity contribution in [2.24, 2.45) is 5.10 Å². The van der Waals surface area contributed by atoms with Crippen LogP contribution in [-0.2, 0) is 4.74 Å². The maximum atomic E-state index is 10.3. The smallest absolute Gasteiger partial charge is 0.247 e. The normalized spacial score (nSPS) is 23.8. The average Bonchev–Trinajstić information content (AvgIpc) is 3.30. The van der Waals surface area contributed by atoms with Crippen molar-refractivity contribution in [3.05, 3.63) is 41.7 Å². The number of ether oxygens (including phenoxy) is 1. The monoisotopic (exact) mass is 410 g/mol. The summed E-state index contributed by atoms with van der Waals surface area (Å²) in [6.07, 6.45) is -1.61. The Balaban J connectivity index is 1.59. The Labute approximate surface area is 169 Å². The lowest BCUT2D eigenvalue weighted by atomic mass is 10.1. The van der Waals surface area contributed by atoms with E-state index < -0.39 is 31.1 Å². The van der Waals surface area contributed by atoms with E-state index in [2.05, 4.69) is 25.5 Å². The molecule has 30 heavy (non-hydrogen) atoms. The zero-order chi connectivity index (χ0) is 21.3. The molecule has 4 atom stereocenters. The van der Waals surface area contributed by atoms with Crippen molar-refractivity contribution in [3.63, 3.8) is 0 Å². The maximum absolute atomic E-state index is 10.3. The Morgan fingerprint density at radius 1 is 1.27 bits per heavy atom. The van der Waals surface area contributed by atoms with E-state index in [1.807, 2.05) is 6.07 Å². The first-order valence-corrected chi connectivity index (χ1v) is 8.93. The summed E-state index contributed by atoms with van der Waals surface area (Å²) in [4.78, 5) is 12.6. The minimum Gasteiger partial charge on any atom is -0.394 e. The summed E-state index contributed by atoms with van der Waals surface area (Å²) >= 11 is 0. The Bertz CT molecular complexity index is 1120. The first-order valence-electron chi connectivity index (χ1n) is 8.93. The molecule has 0 saturated carbocycles. The number of fused-ring (bicyclic) bond motifs is 1. The molecule has 1 aliphatic rings. The molecule has 6 N–H and O–H groups in total. The van der Waals surface area contributed by atoms with Crippen LogP contribution in [0.25, 0.3) is 11.2 Å². The second-order valence-corrected chi connectivity index (χ2v) is 6.59. The van der Waals surface area contributed by atoms with E-state index in [4.69, 9.17) is 15.7 Å². The predicted octanol–water partition coefficient (Wildman–Crippen LogP) is -0.662. The average molecular weight is 410 g/mol. The number of hydrazone groups is 1. The van der Waals surface area contributed by atoms with E-state index in [9.17, 15) is 15.3 Å². The molecule has 1 saturated heterocycles. The molecule has 1 aliphatic heterocycles. The number of nitrogens with zero attached hydrogens (tertiary/aromatic N) is 6. The fraction of sp³-hybridized carbons (Fsp3) is 0.278. The molecule has 4 rings (SSSR count). The Morgan fingerprint density at radius 2 is 2.03 bits per heavy atom. The molecule has 1 unspecified atom stereocenters. The van der Waals surface area contributed by atoms with Gasteiger partial charge in [-0.1, -0.05) is 12.1 Å². The zero-order valence-electron chi connectivity index (χ0n) is 15.5. The van der Waals surface area contributed by atoms with Crippen molar-refractivity contribution in [3.8, 4) is 6.07 Å². The zero-order valence-corrected chi connectivity index (χ0v) is 15.5.